The molecule has 5 nitrogen and oxygen atoms in total. The molecule has 0 aliphatic rings. The van der Waals surface area contributed by atoms with Gasteiger partial charge in [-0.15, -0.1) is 0 Å². The first-order valence-corrected chi connectivity index (χ1v) is 10.3. The topological polar surface area (TPSA) is 58.2 Å². The number of benzene rings is 3. The summed E-state index contributed by atoms with van der Waals surface area (Å²) in [7, 11) is 0. The largest absolute Gasteiger partial charge is 0.488 e. The highest BCUT2D eigenvalue weighted by Gasteiger charge is 2.11. The number of H-pyrrole nitrogens is 1. The van der Waals surface area contributed by atoms with Gasteiger partial charge in [-0.3, -0.25) is 4.79 Å². The third-order valence-corrected chi connectivity index (χ3v) is 5.10. The fourth-order valence-electron chi connectivity index (χ4n) is 3.50. The van der Waals surface area contributed by atoms with Gasteiger partial charge in [0.1, 0.15) is 12.4 Å². The Morgan fingerprint density at radius 3 is 2.42 bits per heavy atom. The van der Waals surface area contributed by atoms with E-state index in [2.05, 4.69) is 16.0 Å². The van der Waals surface area contributed by atoms with E-state index < -0.39 is 0 Å². The van der Waals surface area contributed by atoms with Crippen molar-refractivity contribution in [1.82, 2.24) is 14.9 Å². The Labute approximate surface area is 183 Å². The molecule has 4 aromatic rings. The summed E-state index contributed by atoms with van der Waals surface area (Å²) in [5.41, 5.74) is 5.14. The highest BCUT2D eigenvalue weighted by atomic mass is 16.5. The Hall–Kier alpha value is -3.86. The van der Waals surface area contributed by atoms with Gasteiger partial charge in [0, 0.05) is 27.0 Å². The Kier molecular flexibility index (Phi) is 6.43. The van der Waals surface area contributed by atoms with Gasteiger partial charge in [-0.05, 0) is 28.8 Å². The second-order valence-electron chi connectivity index (χ2n) is 7.43. The lowest BCUT2D eigenvalue weighted by atomic mass is 10.1. The van der Waals surface area contributed by atoms with Crippen LogP contribution in [0.15, 0.2) is 91.4 Å². The molecule has 0 saturated heterocycles. The number of carbonyl (C=O) groups excluding carboxylic acids is 1. The quantitative estimate of drug-likeness (QED) is 0.418. The lowest BCUT2D eigenvalue weighted by molar-refractivity contribution is -0.130. The average molecular weight is 414 g/mol. The number of carbonyl (C=O) groups is 1. The molecule has 31 heavy (non-hydrogen) atoms. The number of para-hydroxylation sites is 1. The summed E-state index contributed by atoms with van der Waals surface area (Å²) in [5, 5.41) is 0. The average Bonchev–Trinajstić information content (AvgIpc) is 3.33. The number of aromatic amines is 1. The standard InChI is InChI=1S/C26H25N3O2.H2/c1-20(30)29(16-21-8-3-2-4-9-21)17-22-10-7-11-23(14-22)18-31-26-13-6-5-12-24(26)25-15-27-19-28-25;/h2-15,19H,16-18H2,1H3,(H,27,28);1H. The van der Waals surface area contributed by atoms with Gasteiger partial charge in [0.15, 0.2) is 0 Å². The zero-order valence-corrected chi connectivity index (χ0v) is 17.5. The molecular weight excluding hydrogens is 386 g/mol. The minimum atomic E-state index is 0. The van der Waals surface area contributed by atoms with Gasteiger partial charge < -0.3 is 14.6 Å². The van der Waals surface area contributed by atoms with Gasteiger partial charge in [0.25, 0.3) is 0 Å². The van der Waals surface area contributed by atoms with Crippen LogP contribution in [-0.2, 0) is 24.5 Å². The molecular formula is C26H27N3O2. The van der Waals surface area contributed by atoms with Crippen molar-refractivity contribution in [3.8, 4) is 17.0 Å². The predicted octanol–water partition coefficient (Wildman–Crippen LogP) is 5.45. The summed E-state index contributed by atoms with van der Waals surface area (Å²) in [6.07, 6.45) is 3.44. The molecule has 0 unspecified atom stereocenters. The third kappa shape index (κ3) is 5.39. The van der Waals surface area contributed by atoms with Crippen molar-refractivity contribution >= 4 is 5.91 Å². The summed E-state index contributed by atoms with van der Waals surface area (Å²) in [6.45, 7) is 3.21. The molecule has 1 aromatic heterocycles. The number of imidazole rings is 1. The van der Waals surface area contributed by atoms with E-state index in [1.165, 1.54) is 0 Å². The zero-order valence-electron chi connectivity index (χ0n) is 17.5. The maximum absolute atomic E-state index is 12.2. The van der Waals surface area contributed by atoms with E-state index >= 15 is 0 Å². The summed E-state index contributed by atoms with van der Waals surface area (Å²) in [6, 6.07) is 26.1. The zero-order chi connectivity index (χ0) is 21.5. The van der Waals surface area contributed by atoms with Crippen molar-refractivity contribution in [2.45, 2.75) is 26.6 Å². The normalized spacial score (nSPS) is 10.6. The van der Waals surface area contributed by atoms with Crippen LogP contribution in [-0.4, -0.2) is 20.8 Å². The SMILES string of the molecule is CC(=O)N(Cc1ccccc1)Cc1cccc(COc2ccccc2-c2cnc[nH]2)c1.[HH]. The van der Waals surface area contributed by atoms with Crippen LogP contribution in [0, 0.1) is 0 Å². The van der Waals surface area contributed by atoms with Crippen molar-refractivity contribution in [2.24, 2.45) is 0 Å². The molecule has 1 heterocycles. The summed E-state index contributed by atoms with van der Waals surface area (Å²) < 4.78 is 6.12. The van der Waals surface area contributed by atoms with Crippen LogP contribution in [0.1, 0.15) is 25.0 Å². The van der Waals surface area contributed by atoms with Crippen LogP contribution in [0.2, 0.25) is 0 Å². The highest BCUT2D eigenvalue weighted by molar-refractivity contribution is 5.73. The second kappa shape index (κ2) is 9.76. The Bertz CT molecular complexity index is 1130. The van der Waals surface area contributed by atoms with Gasteiger partial charge >= 0.3 is 0 Å². The number of hydrogen-bond acceptors (Lipinski definition) is 3. The van der Waals surface area contributed by atoms with E-state index in [0.717, 1.165) is 33.7 Å². The van der Waals surface area contributed by atoms with Crippen LogP contribution in [0.3, 0.4) is 0 Å². The van der Waals surface area contributed by atoms with Crippen LogP contribution in [0.25, 0.3) is 11.3 Å². The fraction of sp³-hybridized carbons (Fsp3) is 0.154. The smallest absolute Gasteiger partial charge is 0.220 e. The number of hydrogen-bond donors (Lipinski definition) is 1. The lowest BCUT2D eigenvalue weighted by Gasteiger charge is -2.21. The lowest BCUT2D eigenvalue weighted by Crippen LogP contribution is -2.27. The molecule has 0 fully saturated rings. The van der Waals surface area contributed by atoms with Crippen LogP contribution in [0.5, 0.6) is 5.75 Å². The van der Waals surface area contributed by atoms with Gasteiger partial charge in [0.2, 0.25) is 5.91 Å². The van der Waals surface area contributed by atoms with E-state index in [-0.39, 0.29) is 7.33 Å². The summed E-state index contributed by atoms with van der Waals surface area (Å²) in [4.78, 5) is 21.3. The summed E-state index contributed by atoms with van der Waals surface area (Å²) in [5.74, 6) is 0.852. The number of ether oxygens (including phenoxy) is 1. The van der Waals surface area contributed by atoms with Crippen LogP contribution < -0.4 is 4.74 Å². The van der Waals surface area contributed by atoms with Gasteiger partial charge in [0.05, 0.1) is 18.2 Å². The molecule has 0 aliphatic carbocycles. The van der Waals surface area contributed by atoms with Crippen molar-refractivity contribution in [2.75, 3.05) is 0 Å². The van der Waals surface area contributed by atoms with Crippen molar-refractivity contribution in [1.29, 1.82) is 0 Å². The molecule has 158 valence electrons. The molecule has 0 saturated carbocycles. The minimum Gasteiger partial charge on any atom is -0.488 e. The van der Waals surface area contributed by atoms with Crippen LogP contribution in [0.4, 0.5) is 0 Å². The molecule has 0 spiro atoms. The molecule has 0 aliphatic heterocycles. The number of rotatable bonds is 8. The van der Waals surface area contributed by atoms with Gasteiger partial charge in [-0.25, -0.2) is 4.98 Å². The van der Waals surface area contributed by atoms with Crippen molar-refractivity contribution in [3.63, 3.8) is 0 Å². The molecule has 1 N–H and O–H groups in total. The van der Waals surface area contributed by atoms with E-state index in [1.54, 1.807) is 19.4 Å². The third-order valence-electron chi connectivity index (χ3n) is 5.10. The Morgan fingerprint density at radius 1 is 0.935 bits per heavy atom. The fourth-order valence-corrected chi connectivity index (χ4v) is 3.50. The number of amides is 1. The first kappa shape index (κ1) is 20.4. The Morgan fingerprint density at radius 2 is 1.65 bits per heavy atom. The minimum absolute atomic E-state index is 0. The Balaban J connectivity index is 0.00000289. The first-order chi connectivity index (χ1) is 15.2. The maximum Gasteiger partial charge on any atom is 0.220 e. The molecule has 1 amide bonds. The number of aromatic nitrogens is 2. The first-order valence-electron chi connectivity index (χ1n) is 10.3. The molecule has 0 radical (unpaired) electrons. The van der Waals surface area contributed by atoms with E-state index in [1.807, 2.05) is 77.7 Å². The van der Waals surface area contributed by atoms with E-state index in [9.17, 15) is 4.79 Å². The molecule has 0 atom stereocenters. The molecule has 5 heteroatoms. The van der Waals surface area contributed by atoms with E-state index in [4.69, 9.17) is 4.74 Å². The number of nitrogens with zero attached hydrogens (tertiary/aromatic N) is 2. The number of nitrogens with one attached hydrogen (secondary N) is 1. The monoisotopic (exact) mass is 413 g/mol. The molecule has 4 rings (SSSR count). The van der Waals surface area contributed by atoms with E-state index in [0.29, 0.717) is 19.7 Å². The maximum atomic E-state index is 12.2. The van der Waals surface area contributed by atoms with Gasteiger partial charge in [-0.1, -0.05) is 66.7 Å². The second-order valence-corrected chi connectivity index (χ2v) is 7.43. The van der Waals surface area contributed by atoms with Gasteiger partial charge in [-0.2, -0.15) is 0 Å². The highest BCUT2D eigenvalue weighted by Crippen LogP contribution is 2.28. The molecule has 3 aromatic carbocycles. The van der Waals surface area contributed by atoms with Crippen molar-refractivity contribution < 1.29 is 11.0 Å². The molecule has 0 bridgehead atoms. The predicted molar refractivity (Wildman–Crippen MR) is 123 cm³/mol. The summed E-state index contributed by atoms with van der Waals surface area (Å²) >= 11 is 0. The van der Waals surface area contributed by atoms with Crippen LogP contribution >= 0.6 is 0 Å². The van der Waals surface area contributed by atoms with Crippen molar-refractivity contribution in [3.05, 3.63) is 108 Å².